The van der Waals surface area contributed by atoms with Crippen LogP contribution in [0.15, 0.2) is 29.6 Å². The van der Waals surface area contributed by atoms with Crippen molar-refractivity contribution in [1.29, 1.82) is 0 Å². The van der Waals surface area contributed by atoms with E-state index in [1.54, 1.807) is 24.3 Å². The molecule has 33 heavy (non-hydrogen) atoms. The number of anilines is 1. The van der Waals surface area contributed by atoms with Crippen LogP contribution in [-0.4, -0.2) is 40.8 Å². The summed E-state index contributed by atoms with van der Waals surface area (Å²) in [5.74, 6) is 0.438. The SMILES string of the molecule is CCOC(=O)c1csc(N2C(=O)c3[nH]nc(-c4ccc(OC)cc4)c3C2C2CCCCC2)n1. The summed E-state index contributed by atoms with van der Waals surface area (Å²) in [6.45, 7) is 2.04. The van der Waals surface area contributed by atoms with Crippen molar-refractivity contribution in [2.24, 2.45) is 5.92 Å². The van der Waals surface area contributed by atoms with Gasteiger partial charge in [0.15, 0.2) is 10.8 Å². The van der Waals surface area contributed by atoms with E-state index in [1.165, 1.54) is 17.8 Å². The Morgan fingerprint density at radius 2 is 1.97 bits per heavy atom. The first-order chi connectivity index (χ1) is 16.1. The predicted octanol–water partition coefficient (Wildman–Crippen LogP) is 5.00. The van der Waals surface area contributed by atoms with E-state index in [4.69, 9.17) is 9.47 Å². The third-order valence-electron chi connectivity index (χ3n) is 6.45. The molecule has 1 atom stereocenters. The number of nitrogens with zero attached hydrogens (tertiary/aromatic N) is 3. The van der Waals surface area contributed by atoms with E-state index < -0.39 is 5.97 Å². The number of H-pyrrole nitrogens is 1. The molecule has 0 radical (unpaired) electrons. The van der Waals surface area contributed by atoms with Crippen LogP contribution < -0.4 is 9.64 Å². The number of hydrogen-bond acceptors (Lipinski definition) is 7. The highest BCUT2D eigenvalue weighted by atomic mass is 32.1. The van der Waals surface area contributed by atoms with E-state index in [-0.39, 0.29) is 24.2 Å². The molecule has 1 saturated carbocycles. The molecule has 3 heterocycles. The Kier molecular flexibility index (Phi) is 5.88. The predicted molar refractivity (Wildman–Crippen MR) is 125 cm³/mol. The minimum Gasteiger partial charge on any atom is -0.497 e. The van der Waals surface area contributed by atoms with Crippen LogP contribution in [0.25, 0.3) is 11.3 Å². The van der Waals surface area contributed by atoms with Gasteiger partial charge in [0.25, 0.3) is 5.91 Å². The molecule has 0 saturated heterocycles. The molecule has 172 valence electrons. The molecular formula is C24H26N4O4S. The van der Waals surface area contributed by atoms with Gasteiger partial charge in [0.05, 0.1) is 25.5 Å². The average molecular weight is 467 g/mol. The molecule has 2 aliphatic rings. The summed E-state index contributed by atoms with van der Waals surface area (Å²) in [5.41, 5.74) is 3.36. The number of hydrogen-bond donors (Lipinski definition) is 1. The molecule has 1 N–H and O–H groups in total. The maximum absolute atomic E-state index is 13.6. The Morgan fingerprint density at radius 3 is 2.67 bits per heavy atom. The summed E-state index contributed by atoms with van der Waals surface area (Å²) >= 11 is 1.30. The van der Waals surface area contributed by atoms with Crippen LogP contribution in [0.2, 0.25) is 0 Å². The van der Waals surface area contributed by atoms with E-state index >= 15 is 0 Å². The van der Waals surface area contributed by atoms with Gasteiger partial charge in [-0.25, -0.2) is 9.78 Å². The van der Waals surface area contributed by atoms with Crippen molar-refractivity contribution >= 4 is 28.3 Å². The number of carbonyl (C=O) groups excluding carboxylic acids is 2. The monoisotopic (exact) mass is 466 g/mol. The van der Waals surface area contributed by atoms with Crippen molar-refractivity contribution in [3.05, 3.63) is 46.6 Å². The molecule has 2 aromatic heterocycles. The zero-order chi connectivity index (χ0) is 22.9. The maximum atomic E-state index is 13.6. The quantitative estimate of drug-likeness (QED) is 0.514. The number of methoxy groups -OCH3 is 1. The van der Waals surface area contributed by atoms with E-state index in [9.17, 15) is 9.59 Å². The van der Waals surface area contributed by atoms with Crippen LogP contribution in [0, 0.1) is 5.92 Å². The molecule has 5 rings (SSSR count). The highest BCUT2D eigenvalue weighted by Gasteiger charge is 2.47. The summed E-state index contributed by atoms with van der Waals surface area (Å²) in [5, 5.41) is 9.71. The number of carbonyl (C=O) groups is 2. The first kappa shape index (κ1) is 21.6. The van der Waals surface area contributed by atoms with E-state index in [1.807, 2.05) is 24.3 Å². The fourth-order valence-electron chi connectivity index (χ4n) is 4.92. The molecule has 3 aromatic rings. The van der Waals surface area contributed by atoms with Gasteiger partial charge in [0.2, 0.25) is 0 Å². The number of amides is 1. The largest absolute Gasteiger partial charge is 0.497 e. The number of ether oxygens (including phenoxy) is 2. The fourth-order valence-corrected chi connectivity index (χ4v) is 5.75. The van der Waals surface area contributed by atoms with Crippen LogP contribution in [0.4, 0.5) is 5.13 Å². The molecule has 1 amide bonds. The summed E-state index contributed by atoms with van der Waals surface area (Å²) in [6.07, 6.45) is 5.57. The summed E-state index contributed by atoms with van der Waals surface area (Å²) in [6, 6.07) is 7.54. The van der Waals surface area contributed by atoms with Crippen molar-refractivity contribution < 1.29 is 19.1 Å². The minimum atomic E-state index is -0.472. The topological polar surface area (TPSA) is 97.4 Å². The Labute approximate surface area is 195 Å². The van der Waals surface area contributed by atoms with Crippen molar-refractivity contribution in [2.45, 2.75) is 45.1 Å². The lowest BCUT2D eigenvalue weighted by Crippen LogP contribution is -2.34. The molecule has 1 aliphatic heterocycles. The third-order valence-corrected chi connectivity index (χ3v) is 7.29. The highest BCUT2D eigenvalue weighted by molar-refractivity contribution is 7.14. The Balaban J connectivity index is 1.57. The molecule has 8 nitrogen and oxygen atoms in total. The molecule has 9 heteroatoms. The maximum Gasteiger partial charge on any atom is 0.357 e. The number of thiazole rings is 1. The second-order valence-electron chi connectivity index (χ2n) is 8.34. The molecule has 1 unspecified atom stereocenters. The standard InChI is InChI=1S/C24H26N4O4S/c1-3-32-23(30)17-13-33-24(25-17)28-21(15-7-5-4-6-8-15)18-19(26-27-20(18)22(28)29)14-9-11-16(31-2)12-10-14/h9-13,15,21H,3-8H2,1-2H3,(H,26,27). The first-order valence-electron chi connectivity index (χ1n) is 11.3. The number of esters is 1. The normalized spacial score (nSPS) is 18.4. The van der Waals surface area contributed by atoms with Crippen molar-refractivity contribution in [2.75, 3.05) is 18.6 Å². The molecule has 0 spiro atoms. The van der Waals surface area contributed by atoms with Crippen LogP contribution in [0.1, 0.15) is 71.6 Å². The van der Waals surface area contributed by atoms with Crippen LogP contribution in [0.5, 0.6) is 5.75 Å². The summed E-state index contributed by atoms with van der Waals surface area (Å²) in [7, 11) is 1.63. The first-order valence-corrected chi connectivity index (χ1v) is 12.2. The van der Waals surface area contributed by atoms with Crippen molar-refractivity contribution in [3.63, 3.8) is 0 Å². The van der Waals surface area contributed by atoms with E-state index in [2.05, 4.69) is 15.2 Å². The number of fused-ring (bicyclic) bond motifs is 1. The van der Waals surface area contributed by atoms with Gasteiger partial charge in [-0.05, 0) is 49.9 Å². The number of rotatable bonds is 6. The fraction of sp³-hybridized carbons (Fsp3) is 0.417. The number of benzene rings is 1. The van der Waals surface area contributed by atoms with Gasteiger partial charge < -0.3 is 9.47 Å². The van der Waals surface area contributed by atoms with Gasteiger partial charge in [-0.3, -0.25) is 14.8 Å². The third kappa shape index (κ3) is 3.80. The lowest BCUT2D eigenvalue weighted by atomic mass is 9.81. The Hall–Kier alpha value is -3.20. The molecule has 1 aromatic carbocycles. The smallest absolute Gasteiger partial charge is 0.357 e. The summed E-state index contributed by atoms with van der Waals surface area (Å²) < 4.78 is 10.4. The summed E-state index contributed by atoms with van der Waals surface area (Å²) in [4.78, 5) is 32.0. The molecule has 0 bridgehead atoms. The van der Waals surface area contributed by atoms with Gasteiger partial charge in [-0.15, -0.1) is 11.3 Å². The Bertz CT molecular complexity index is 1160. The second kappa shape index (κ2) is 8.97. The van der Waals surface area contributed by atoms with Crippen molar-refractivity contribution in [3.8, 4) is 17.0 Å². The van der Waals surface area contributed by atoms with Crippen LogP contribution >= 0.6 is 11.3 Å². The number of aromatic amines is 1. The van der Waals surface area contributed by atoms with Gasteiger partial charge >= 0.3 is 5.97 Å². The zero-order valence-corrected chi connectivity index (χ0v) is 19.5. The van der Waals surface area contributed by atoms with Gasteiger partial charge in [0, 0.05) is 16.5 Å². The minimum absolute atomic E-state index is 0.155. The lowest BCUT2D eigenvalue weighted by molar-refractivity contribution is 0.0520. The van der Waals surface area contributed by atoms with Gasteiger partial charge in [-0.2, -0.15) is 5.10 Å². The molecule has 1 aliphatic carbocycles. The van der Waals surface area contributed by atoms with Crippen molar-refractivity contribution in [1.82, 2.24) is 15.2 Å². The van der Waals surface area contributed by atoms with E-state index in [0.717, 1.165) is 48.3 Å². The van der Waals surface area contributed by atoms with Gasteiger partial charge in [0.1, 0.15) is 11.4 Å². The van der Waals surface area contributed by atoms with Gasteiger partial charge in [-0.1, -0.05) is 19.3 Å². The lowest BCUT2D eigenvalue weighted by Gasteiger charge is -2.33. The average Bonchev–Trinajstić information content (AvgIpc) is 3.56. The van der Waals surface area contributed by atoms with E-state index in [0.29, 0.717) is 16.7 Å². The zero-order valence-electron chi connectivity index (χ0n) is 18.7. The second-order valence-corrected chi connectivity index (χ2v) is 9.18. The highest BCUT2D eigenvalue weighted by Crippen LogP contribution is 2.49. The van der Waals surface area contributed by atoms with Crippen LogP contribution in [0.3, 0.4) is 0 Å². The molecular weight excluding hydrogens is 440 g/mol. The Morgan fingerprint density at radius 1 is 1.21 bits per heavy atom. The van der Waals surface area contributed by atoms with Crippen LogP contribution in [-0.2, 0) is 4.74 Å². The number of nitrogens with one attached hydrogen (secondary N) is 1. The molecule has 1 fully saturated rings. The number of aromatic nitrogens is 3.